The Hall–Kier alpha value is -2.62. The predicted octanol–water partition coefficient (Wildman–Crippen LogP) is 2.41. The van der Waals surface area contributed by atoms with E-state index in [1.54, 1.807) is 12.1 Å². The van der Waals surface area contributed by atoms with E-state index in [9.17, 15) is 9.59 Å². The molecule has 0 aliphatic heterocycles. The molecule has 2 rings (SSSR count). The second-order valence-corrected chi connectivity index (χ2v) is 4.06. The number of ether oxygens (including phenoxy) is 2. The zero-order valence-electron chi connectivity index (χ0n) is 10.8. The van der Waals surface area contributed by atoms with Crippen LogP contribution in [0.1, 0.15) is 5.56 Å². The van der Waals surface area contributed by atoms with Crippen molar-refractivity contribution in [3.63, 3.8) is 0 Å². The molecule has 0 amide bonds. The fourth-order valence-corrected chi connectivity index (χ4v) is 1.74. The quantitative estimate of drug-likeness (QED) is 0.350. The fraction of sp³-hybridized carbons (Fsp3) is 0.125. The molecule has 102 valence electrons. The highest BCUT2D eigenvalue weighted by atomic mass is 16.5. The van der Waals surface area contributed by atoms with Crippen LogP contribution in [0.2, 0.25) is 0 Å². The van der Waals surface area contributed by atoms with Crippen molar-refractivity contribution in [1.82, 2.24) is 0 Å². The maximum atomic E-state index is 11.0. The average Bonchev–Trinajstić information content (AvgIpc) is 2.50. The molecule has 4 nitrogen and oxygen atoms in total. The van der Waals surface area contributed by atoms with E-state index in [1.165, 1.54) is 0 Å². The van der Waals surface area contributed by atoms with E-state index in [-0.39, 0.29) is 6.29 Å². The Kier molecular flexibility index (Phi) is 4.89. The molecule has 0 aromatic heterocycles. The first-order valence-corrected chi connectivity index (χ1v) is 6.22. The van der Waals surface area contributed by atoms with Gasteiger partial charge in [-0.25, -0.2) is 4.79 Å². The molecule has 0 bridgehead atoms. The highest BCUT2D eigenvalue weighted by Crippen LogP contribution is 2.19. The Labute approximate surface area is 116 Å². The van der Waals surface area contributed by atoms with Crippen LogP contribution in [0.15, 0.2) is 54.6 Å². The van der Waals surface area contributed by atoms with Crippen LogP contribution in [0.25, 0.3) is 0 Å². The van der Waals surface area contributed by atoms with Crippen LogP contribution < -0.4 is 9.47 Å². The van der Waals surface area contributed by atoms with Gasteiger partial charge in [0, 0.05) is 6.42 Å². The molecule has 0 aliphatic rings. The molecule has 2 aromatic rings. The fourth-order valence-electron chi connectivity index (χ4n) is 1.74. The van der Waals surface area contributed by atoms with Crippen molar-refractivity contribution in [2.24, 2.45) is 0 Å². The van der Waals surface area contributed by atoms with Crippen molar-refractivity contribution >= 4 is 12.3 Å². The van der Waals surface area contributed by atoms with Crippen LogP contribution in [0, 0.1) is 0 Å². The van der Waals surface area contributed by atoms with Gasteiger partial charge in [0.25, 0.3) is 0 Å². The third-order valence-electron chi connectivity index (χ3n) is 2.66. The number of hydrogen-bond donors (Lipinski definition) is 0. The standard InChI is InChI=1S/C16H14O4/c17-12-16(18)20-15-9-5-4-6-13(15)10-11-19-14-7-2-1-3-8-14/h1-9,12H,10-11H2. The van der Waals surface area contributed by atoms with Gasteiger partial charge < -0.3 is 9.47 Å². The highest BCUT2D eigenvalue weighted by molar-refractivity contribution is 6.21. The third-order valence-corrected chi connectivity index (χ3v) is 2.66. The summed E-state index contributed by atoms with van der Waals surface area (Å²) < 4.78 is 10.5. The van der Waals surface area contributed by atoms with Gasteiger partial charge in [-0.2, -0.15) is 0 Å². The van der Waals surface area contributed by atoms with Crippen molar-refractivity contribution in [1.29, 1.82) is 0 Å². The van der Waals surface area contributed by atoms with Gasteiger partial charge in [-0.05, 0) is 23.8 Å². The van der Waals surface area contributed by atoms with Gasteiger partial charge in [0.1, 0.15) is 11.5 Å². The van der Waals surface area contributed by atoms with Crippen LogP contribution in [-0.2, 0) is 16.0 Å². The Morgan fingerprint density at radius 3 is 2.45 bits per heavy atom. The average molecular weight is 270 g/mol. The molecule has 2 aromatic carbocycles. The third kappa shape index (κ3) is 3.95. The summed E-state index contributed by atoms with van der Waals surface area (Å²) in [6.45, 7) is 0.458. The Morgan fingerprint density at radius 1 is 1.00 bits per heavy atom. The van der Waals surface area contributed by atoms with Gasteiger partial charge in [0.15, 0.2) is 0 Å². The molecular weight excluding hydrogens is 256 g/mol. The topological polar surface area (TPSA) is 52.6 Å². The van der Waals surface area contributed by atoms with Crippen LogP contribution in [-0.4, -0.2) is 18.9 Å². The Balaban J connectivity index is 1.95. The van der Waals surface area contributed by atoms with E-state index >= 15 is 0 Å². The molecule has 0 spiro atoms. The molecule has 0 heterocycles. The maximum Gasteiger partial charge on any atom is 0.376 e. The van der Waals surface area contributed by atoms with Gasteiger partial charge in [0.05, 0.1) is 6.61 Å². The Bertz CT molecular complexity index is 578. The zero-order chi connectivity index (χ0) is 14.2. The summed E-state index contributed by atoms with van der Waals surface area (Å²) in [7, 11) is 0. The van der Waals surface area contributed by atoms with Crippen LogP contribution >= 0.6 is 0 Å². The number of esters is 1. The number of aldehydes is 1. The molecule has 4 heteroatoms. The van der Waals surface area contributed by atoms with E-state index in [4.69, 9.17) is 9.47 Å². The molecule has 0 radical (unpaired) electrons. The monoisotopic (exact) mass is 270 g/mol. The second-order valence-electron chi connectivity index (χ2n) is 4.06. The lowest BCUT2D eigenvalue weighted by molar-refractivity contribution is -0.141. The molecular formula is C16H14O4. The van der Waals surface area contributed by atoms with E-state index in [0.29, 0.717) is 18.8 Å². The van der Waals surface area contributed by atoms with E-state index in [2.05, 4.69) is 0 Å². The second kappa shape index (κ2) is 7.09. The van der Waals surface area contributed by atoms with Gasteiger partial charge in [0.2, 0.25) is 6.29 Å². The van der Waals surface area contributed by atoms with E-state index < -0.39 is 5.97 Å². The minimum absolute atomic E-state index is 0.150. The van der Waals surface area contributed by atoms with Gasteiger partial charge in [-0.1, -0.05) is 36.4 Å². The zero-order valence-corrected chi connectivity index (χ0v) is 10.8. The summed E-state index contributed by atoms with van der Waals surface area (Å²) in [5.74, 6) is 0.276. The summed E-state index contributed by atoms with van der Waals surface area (Å²) >= 11 is 0. The van der Waals surface area contributed by atoms with Crippen molar-refractivity contribution in [3.8, 4) is 11.5 Å². The molecule has 0 fully saturated rings. The lowest BCUT2D eigenvalue weighted by Gasteiger charge is -2.09. The van der Waals surface area contributed by atoms with Crippen LogP contribution in [0.3, 0.4) is 0 Å². The van der Waals surface area contributed by atoms with Crippen molar-refractivity contribution in [2.75, 3.05) is 6.61 Å². The molecule has 0 aliphatic carbocycles. The van der Waals surface area contributed by atoms with E-state index in [0.717, 1.165) is 11.3 Å². The molecule has 0 saturated carbocycles. The summed E-state index contributed by atoms with van der Waals surface area (Å²) in [5.41, 5.74) is 0.818. The lowest BCUT2D eigenvalue weighted by Crippen LogP contribution is -2.11. The summed E-state index contributed by atoms with van der Waals surface area (Å²) in [6.07, 6.45) is 0.731. The predicted molar refractivity (Wildman–Crippen MR) is 73.8 cm³/mol. The van der Waals surface area contributed by atoms with Crippen molar-refractivity contribution in [2.45, 2.75) is 6.42 Å². The number of carbonyl (C=O) groups excluding carboxylic acids is 2. The largest absolute Gasteiger partial charge is 0.493 e. The lowest BCUT2D eigenvalue weighted by atomic mass is 10.1. The van der Waals surface area contributed by atoms with Crippen LogP contribution in [0.4, 0.5) is 0 Å². The number of para-hydroxylation sites is 2. The highest BCUT2D eigenvalue weighted by Gasteiger charge is 2.07. The molecule has 0 N–H and O–H groups in total. The molecule has 0 atom stereocenters. The van der Waals surface area contributed by atoms with E-state index in [1.807, 2.05) is 42.5 Å². The minimum atomic E-state index is -0.901. The first-order valence-electron chi connectivity index (χ1n) is 6.22. The van der Waals surface area contributed by atoms with Crippen molar-refractivity contribution in [3.05, 3.63) is 60.2 Å². The molecule has 0 saturated heterocycles. The minimum Gasteiger partial charge on any atom is -0.493 e. The summed E-state index contributed by atoms with van der Waals surface area (Å²) in [4.78, 5) is 21.3. The summed E-state index contributed by atoms with van der Waals surface area (Å²) in [6, 6.07) is 16.5. The number of carbonyl (C=O) groups is 2. The molecule has 20 heavy (non-hydrogen) atoms. The van der Waals surface area contributed by atoms with Crippen molar-refractivity contribution < 1.29 is 19.1 Å². The Morgan fingerprint density at radius 2 is 1.70 bits per heavy atom. The van der Waals surface area contributed by atoms with Crippen LogP contribution in [0.5, 0.6) is 11.5 Å². The SMILES string of the molecule is O=CC(=O)Oc1ccccc1CCOc1ccccc1. The number of hydrogen-bond acceptors (Lipinski definition) is 4. The smallest absolute Gasteiger partial charge is 0.376 e. The van der Waals surface area contributed by atoms with Gasteiger partial charge in [-0.15, -0.1) is 0 Å². The normalized spacial score (nSPS) is 9.80. The summed E-state index contributed by atoms with van der Waals surface area (Å²) in [5, 5.41) is 0. The van der Waals surface area contributed by atoms with Gasteiger partial charge >= 0.3 is 5.97 Å². The molecule has 0 unspecified atom stereocenters. The first-order chi connectivity index (χ1) is 9.79. The number of rotatable bonds is 6. The first kappa shape index (κ1) is 13.8. The van der Waals surface area contributed by atoms with Gasteiger partial charge in [-0.3, -0.25) is 4.79 Å². The maximum absolute atomic E-state index is 11.0. The number of benzene rings is 2.